The predicted molar refractivity (Wildman–Crippen MR) is 147 cm³/mol. The summed E-state index contributed by atoms with van der Waals surface area (Å²) in [5.74, 6) is -3.92. The number of hydrogen-bond acceptors (Lipinski definition) is 7. The molecule has 0 aliphatic carbocycles. The van der Waals surface area contributed by atoms with E-state index in [9.17, 15) is 24.0 Å². The summed E-state index contributed by atoms with van der Waals surface area (Å²) < 4.78 is 0. The van der Waals surface area contributed by atoms with Crippen molar-refractivity contribution in [3.05, 3.63) is 70.8 Å². The molecular weight excluding hydrogens is 544 g/mol. The van der Waals surface area contributed by atoms with Crippen LogP contribution in [0.1, 0.15) is 31.8 Å². The van der Waals surface area contributed by atoms with Crippen molar-refractivity contribution < 1.29 is 29.1 Å². The number of carboxylic acids is 1. The van der Waals surface area contributed by atoms with Crippen LogP contribution >= 0.6 is 12.4 Å². The summed E-state index contributed by atoms with van der Waals surface area (Å²) >= 11 is 0. The number of carboxylic acid groups (broad SMARTS) is 1. The van der Waals surface area contributed by atoms with Crippen LogP contribution in [0.15, 0.2) is 48.5 Å². The molecule has 9 N–H and O–H groups in total. The van der Waals surface area contributed by atoms with E-state index in [2.05, 4.69) is 10.6 Å². The smallest absolute Gasteiger partial charge is 0.323 e. The molecule has 1 aliphatic rings. The van der Waals surface area contributed by atoms with Crippen molar-refractivity contribution in [1.82, 2.24) is 20.4 Å². The fraction of sp³-hybridized carbons (Fsp3) is 0.240. The average Bonchev–Trinajstić information content (AvgIpc) is 2.91. The van der Waals surface area contributed by atoms with E-state index in [0.717, 1.165) is 4.90 Å². The molecule has 14 nitrogen and oxygen atoms in total. The summed E-state index contributed by atoms with van der Waals surface area (Å²) in [6.45, 7) is -1.35. The minimum Gasteiger partial charge on any atom is -0.480 e. The minimum atomic E-state index is -1.22. The first kappa shape index (κ1) is 31.2. The normalized spacial score (nSPS) is 14.5. The lowest BCUT2D eigenvalue weighted by Crippen LogP contribution is -2.63. The predicted octanol–water partition coefficient (Wildman–Crippen LogP) is -1.04. The molecule has 40 heavy (non-hydrogen) atoms. The summed E-state index contributed by atoms with van der Waals surface area (Å²) in [6, 6.07) is 10.6. The Labute approximate surface area is 235 Å². The van der Waals surface area contributed by atoms with Crippen molar-refractivity contribution in [2.45, 2.75) is 6.04 Å². The monoisotopic (exact) mass is 572 g/mol. The molecule has 0 spiro atoms. The van der Waals surface area contributed by atoms with E-state index >= 15 is 0 Å². The molecule has 4 amide bonds. The quantitative estimate of drug-likeness (QED) is 0.137. The highest BCUT2D eigenvalue weighted by atomic mass is 35.5. The standard InChI is InChI=1S/C25H28N8O6.ClH/c26-21(27)14-1-5-16(6-2-14)23(37)30-11-18-25(39)32(13-20(35)36)9-10-33(18)19(34)12-31-24(38)17-7-3-15(4-8-17)22(28)29;/h1-8,18H,9-13H2,(H3,26,27)(H3,28,29)(H,30,37)(H,31,38)(H,35,36);1H/t18-;/m0./s1. The number of piperazine rings is 1. The second-order valence-corrected chi connectivity index (χ2v) is 8.63. The van der Waals surface area contributed by atoms with Crippen LogP contribution in [-0.4, -0.2) is 94.9 Å². The number of amidine groups is 2. The van der Waals surface area contributed by atoms with Crippen molar-refractivity contribution in [2.24, 2.45) is 11.5 Å². The van der Waals surface area contributed by atoms with Crippen LogP contribution in [0.2, 0.25) is 0 Å². The molecule has 15 heteroatoms. The highest BCUT2D eigenvalue weighted by Crippen LogP contribution is 2.13. The Kier molecular flexibility index (Phi) is 10.7. The first-order chi connectivity index (χ1) is 18.5. The number of nitrogens with zero attached hydrogens (tertiary/aromatic N) is 2. The summed E-state index contributed by atoms with van der Waals surface area (Å²) in [7, 11) is 0. The highest BCUT2D eigenvalue weighted by Gasteiger charge is 2.38. The number of aliphatic carboxylic acids is 1. The number of halogens is 1. The Morgan fingerprint density at radius 3 is 1.73 bits per heavy atom. The van der Waals surface area contributed by atoms with Crippen LogP contribution in [0.5, 0.6) is 0 Å². The number of carbonyl (C=O) groups is 5. The number of nitrogen functional groups attached to an aromatic ring is 2. The van der Waals surface area contributed by atoms with E-state index in [1.165, 1.54) is 53.4 Å². The van der Waals surface area contributed by atoms with E-state index in [1.54, 1.807) is 0 Å². The molecule has 0 radical (unpaired) electrons. The van der Waals surface area contributed by atoms with Crippen LogP contribution in [0.3, 0.4) is 0 Å². The average molecular weight is 573 g/mol. The molecule has 212 valence electrons. The Hall–Kier alpha value is -4.98. The molecule has 2 aromatic rings. The number of nitrogens with one attached hydrogen (secondary N) is 4. The van der Waals surface area contributed by atoms with E-state index in [1.807, 2.05) is 0 Å². The van der Waals surface area contributed by atoms with Gasteiger partial charge in [0.1, 0.15) is 24.3 Å². The maximum absolute atomic E-state index is 13.1. The van der Waals surface area contributed by atoms with Crippen molar-refractivity contribution in [1.29, 1.82) is 10.8 Å². The van der Waals surface area contributed by atoms with Crippen molar-refractivity contribution >= 4 is 53.7 Å². The van der Waals surface area contributed by atoms with Gasteiger partial charge in [0.05, 0.1) is 6.54 Å². The van der Waals surface area contributed by atoms with Gasteiger partial charge in [-0.3, -0.25) is 34.8 Å². The maximum Gasteiger partial charge on any atom is 0.323 e. The van der Waals surface area contributed by atoms with Crippen molar-refractivity contribution in [3.63, 3.8) is 0 Å². The molecule has 0 aromatic heterocycles. The lowest BCUT2D eigenvalue weighted by Gasteiger charge is -2.40. The Bertz CT molecular complexity index is 1320. The maximum atomic E-state index is 13.1. The van der Waals surface area contributed by atoms with Crippen LogP contribution in [0, 0.1) is 10.8 Å². The molecule has 0 bridgehead atoms. The molecule has 3 rings (SSSR count). The highest BCUT2D eigenvalue weighted by molar-refractivity contribution is 6.00. The Morgan fingerprint density at radius 2 is 1.27 bits per heavy atom. The molecule has 2 aromatic carbocycles. The van der Waals surface area contributed by atoms with Gasteiger partial charge < -0.3 is 37.0 Å². The van der Waals surface area contributed by atoms with Crippen LogP contribution in [-0.2, 0) is 14.4 Å². The third-order valence-corrected chi connectivity index (χ3v) is 6.00. The van der Waals surface area contributed by atoms with Gasteiger partial charge in [-0.1, -0.05) is 24.3 Å². The third kappa shape index (κ3) is 7.77. The largest absolute Gasteiger partial charge is 0.480 e. The second-order valence-electron chi connectivity index (χ2n) is 8.63. The Morgan fingerprint density at radius 1 is 0.825 bits per heavy atom. The topological polar surface area (TPSA) is 236 Å². The zero-order valence-corrected chi connectivity index (χ0v) is 22.0. The molecule has 1 atom stereocenters. The number of carbonyl (C=O) groups excluding carboxylic acids is 4. The van der Waals surface area contributed by atoms with E-state index in [0.29, 0.717) is 11.1 Å². The molecule has 0 saturated carbocycles. The van der Waals surface area contributed by atoms with E-state index in [-0.39, 0.29) is 54.8 Å². The van der Waals surface area contributed by atoms with Gasteiger partial charge in [0.15, 0.2) is 0 Å². The molecule has 1 heterocycles. The molecule has 1 fully saturated rings. The fourth-order valence-corrected chi connectivity index (χ4v) is 3.91. The van der Waals surface area contributed by atoms with Gasteiger partial charge >= 0.3 is 5.97 Å². The molecule has 1 aliphatic heterocycles. The van der Waals surface area contributed by atoms with E-state index < -0.39 is 48.7 Å². The lowest BCUT2D eigenvalue weighted by atomic mass is 10.1. The number of nitrogens with two attached hydrogens (primary N) is 2. The Balaban J connectivity index is 0.00000560. The molecule has 1 saturated heterocycles. The fourth-order valence-electron chi connectivity index (χ4n) is 3.91. The van der Waals surface area contributed by atoms with Crippen LogP contribution in [0.25, 0.3) is 0 Å². The first-order valence-corrected chi connectivity index (χ1v) is 11.7. The van der Waals surface area contributed by atoms with Gasteiger partial charge in [0.2, 0.25) is 11.8 Å². The van der Waals surface area contributed by atoms with Gasteiger partial charge in [-0.05, 0) is 24.3 Å². The zero-order chi connectivity index (χ0) is 28.7. The lowest BCUT2D eigenvalue weighted by molar-refractivity contribution is -0.154. The van der Waals surface area contributed by atoms with Gasteiger partial charge in [-0.25, -0.2) is 0 Å². The molecular formula is C25H29ClN8O6. The second kappa shape index (κ2) is 13.7. The SMILES string of the molecule is Cl.N=C(N)c1ccc(C(=O)NCC(=O)N2CCN(CC(=O)O)C(=O)[C@@H]2CNC(=O)c2ccc(C(=N)N)cc2)cc1. The van der Waals surface area contributed by atoms with Crippen LogP contribution < -0.4 is 22.1 Å². The van der Waals surface area contributed by atoms with Gasteiger partial charge in [0, 0.05) is 41.9 Å². The summed E-state index contributed by atoms with van der Waals surface area (Å²) in [4.78, 5) is 64.7. The number of amides is 4. The first-order valence-electron chi connectivity index (χ1n) is 11.7. The summed E-state index contributed by atoms with van der Waals surface area (Å²) in [6.07, 6.45) is 0. The van der Waals surface area contributed by atoms with Crippen LogP contribution in [0.4, 0.5) is 0 Å². The number of rotatable bonds is 10. The van der Waals surface area contributed by atoms with Gasteiger partial charge in [-0.2, -0.15) is 0 Å². The summed E-state index contributed by atoms with van der Waals surface area (Å²) in [5, 5.41) is 29.0. The van der Waals surface area contributed by atoms with Crippen molar-refractivity contribution in [3.8, 4) is 0 Å². The third-order valence-electron chi connectivity index (χ3n) is 6.00. The van der Waals surface area contributed by atoms with E-state index in [4.69, 9.17) is 27.4 Å². The van der Waals surface area contributed by atoms with Gasteiger partial charge in [0.25, 0.3) is 11.8 Å². The number of benzene rings is 2. The van der Waals surface area contributed by atoms with Gasteiger partial charge in [-0.15, -0.1) is 12.4 Å². The van der Waals surface area contributed by atoms with Crippen molar-refractivity contribution in [2.75, 3.05) is 32.7 Å². The summed E-state index contributed by atoms with van der Waals surface area (Å²) in [5.41, 5.74) is 12.1. The zero-order valence-electron chi connectivity index (χ0n) is 21.2. The number of hydrogen-bond donors (Lipinski definition) is 7. The molecule has 0 unspecified atom stereocenters. The minimum absolute atomic E-state index is 0.